The molecule has 0 radical (unpaired) electrons. The summed E-state index contributed by atoms with van der Waals surface area (Å²) in [5, 5.41) is 0. The predicted molar refractivity (Wildman–Crippen MR) is 96.7 cm³/mol. The second-order valence-electron chi connectivity index (χ2n) is 5.92. The van der Waals surface area contributed by atoms with E-state index < -0.39 is 0 Å². The zero-order valence-corrected chi connectivity index (χ0v) is 15.7. The molecule has 8 heteroatoms. The Morgan fingerprint density at radius 1 is 1.17 bits per heavy atom. The molecule has 7 nitrogen and oxygen atoms in total. The minimum Gasteiger partial charge on any atom is -0.480 e. The standard InChI is InChI=1S/C16H21BrN6O/c1-11-8-18-15(19-9-11)22(2)12-4-6-23(7-5-12)16-20-10-13(17)14(21-16)24-3/h8-10,12H,4-7H2,1-3H3. The molecule has 0 aliphatic carbocycles. The van der Waals surface area contributed by atoms with Crippen molar-refractivity contribution in [3.8, 4) is 5.88 Å². The molecule has 2 aromatic heterocycles. The lowest BCUT2D eigenvalue weighted by Gasteiger charge is -2.36. The molecule has 0 unspecified atom stereocenters. The molecule has 1 fully saturated rings. The molecule has 3 rings (SSSR count). The lowest BCUT2D eigenvalue weighted by molar-refractivity contribution is 0.392. The van der Waals surface area contributed by atoms with E-state index in [1.165, 1.54) is 0 Å². The first-order valence-electron chi connectivity index (χ1n) is 7.91. The van der Waals surface area contributed by atoms with Crippen molar-refractivity contribution in [2.24, 2.45) is 0 Å². The van der Waals surface area contributed by atoms with Gasteiger partial charge in [-0.3, -0.25) is 0 Å². The zero-order valence-electron chi connectivity index (χ0n) is 14.1. The van der Waals surface area contributed by atoms with Gasteiger partial charge < -0.3 is 14.5 Å². The molecule has 1 aliphatic heterocycles. The summed E-state index contributed by atoms with van der Waals surface area (Å²) in [7, 11) is 3.67. The van der Waals surface area contributed by atoms with E-state index in [1.54, 1.807) is 13.3 Å². The number of piperidine rings is 1. The van der Waals surface area contributed by atoms with Gasteiger partial charge in [0, 0.05) is 38.6 Å². The van der Waals surface area contributed by atoms with E-state index in [0.29, 0.717) is 17.9 Å². The molecule has 0 spiro atoms. The lowest BCUT2D eigenvalue weighted by atomic mass is 10.0. The van der Waals surface area contributed by atoms with Gasteiger partial charge in [-0.05, 0) is 41.3 Å². The Morgan fingerprint density at radius 3 is 2.46 bits per heavy atom. The Bertz CT molecular complexity index is 687. The molecule has 0 bridgehead atoms. The number of halogens is 1. The summed E-state index contributed by atoms with van der Waals surface area (Å²) < 4.78 is 6.02. The van der Waals surface area contributed by atoms with Crippen molar-refractivity contribution in [1.82, 2.24) is 19.9 Å². The van der Waals surface area contributed by atoms with Gasteiger partial charge in [0.15, 0.2) is 0 Å². The summed E-state index contributed by atoms with van der Waals surface area (Å²) in [6, 6.07) is 0.418. The van der Waals surface area contributed by atoms with Crippen LogP contribution in [0.25, 0.3) is 0 Å². The first kappa shape index (κ1) is 16.9. The molecular formula is C16H21BrN6O. The fourth-order valence-electron chi connectivity index (χ4n) is 2.82. The Hall–Kier alpha value is -1.96. The summed E-state index contributed by atoms with van der Waals surface area (Å²) in [6.45, 7) is 3.78. The highest BCUT2D eigenvalue weighted by Gasteiger charge is 2.25. The van der Waals surface area contributed by atoms with Gasteiger partial charge in [-0.15, -0.1) is 0 Å². The maximum atomic E-state index is 5.25. The van der Waals surface area contributed by atoms with E-state index in [4.69, 9.17) is 4.74 Å². The quantitative estimate of drug-likeness (QED) is 0.791. The lowest BCUT2D eigenvalue weighted by Crippen LogP contribution is -2.44. The third kappa shape index (κ3) is 3.58. The van der Waals surface area contributed by atoms with Crippen molar-refractivity contribution in [1.29, 1.82) is 0 Å². The first-order chi connectivity index (χ1) is 11.6. The summed E-state index contributed by atoms with van der Waals surface area (Å²) in [5.74, 6) is 2.05. The SMILES string of the molecule is COc1nc(N2CCC(N(C)c3ncc(C)cn3)CC2)ncc1Br. The van der Waals surface area contributed by atoms with Crippen LogP contribution in [0.15, 0.2) is 23.1 Å². The molecule has 1 saturated heterocycles. The molecule has 0 amide bonds. The van der Waals surface area contributed by atoms with Crippen LogP contribution in [0.3, 0.4) is 0 Å². The van der Waals surface area contributed by atoms with Gasteiger partial charge in [-0.2, -0.15) is 4.98 Å². The minimum atomic E-state index is 0.418. The van der Waals surface area contributed by atoms with E-state index in [-0.39, 0.29) is 0 Å². The molecule has 1 aliphatic rings. The Morgan fingerprint density at radius 2 is 1.83 bits per heavy atom. The van der Waals surface area contributed by atoms with Crippen LogP contribution in [0, 0.1) is 6.92 Å². The summed E-state index contributed by atoms with van der Waals surface area (Å²) >= 11 is 3.39. The van der Waals surface area contributed by atoms with Crippen LogP contribution in [-0.4, -0.2) is 53.2 Å². The monoisotopic (exact) mass is 392 g/mol. The average molecular weight is 393 g/mol. The molecule has 0 aromatic carbocycles. The second kappa shape index (κ2) is 7.29. The normalized spacial score (nSPS) is 15.4. The maximum Gasteiger partial charge on any atom is 0.232 e. The third-order valence-electron chi connectivity index (χ3n) is 4.27. The van der Waals surface area contributed by atoms with Crippen molar-refractivity contribution in [2.75, 3.05) is 37.0 Å². The fraction of sp³-hybridized carbons (Fsp3) is 0.500. The van der Waals surface area contributed by atoms with Gasteiger partial charge >= 0.3 is 0 Å². The number of aromatic nitrogens is 4. The molecule has 24 heavy (non-hydrogen) atoms. The molecule has 3 heterocycles. The molecule has 128 valence electrons. The van der Waals surface area contributed by atoms with Crippen molar-refractivity contribution >= 4 is 27.8 Å². The number of methoxy groups -OCH3 is 1. The van der Waals surface area contributed by atoms with Crippen LogP contribution >= 0.6 is 15.9 Å². The molecule has 0 atom stereocenters. The fourth-order valence-corrected chi connectivity index (χ4v) is 3.18. The van der Waals surface area contributed by atoms with Gasteiger partial charge in [0.25, 0.3) is 0 Å². The summed E-state index contributed by atoms with van der Waals surface area (Å²) in [6.07, 6.45) is 7.47. The number of aryl methyl sites for hydroxylation is 1. The number of anilines is 2. The maximum absolute atomic E-state index is 5.25. The van der Waals surface area contributed by atoms with Crippen LogP contribution in [0.2, 0.25) is 0 Å². The van der Waals surface area contributed by atoms with Crippen LogP contribution in [0.4, 0.5) is 11.9 Å². The molecule has 0 N–H and O–H groups in total. The minimum absolute atomic E-state index is 0.418. The summed E-state index contributed by atoms with van der Waals surface area (Å²) in [5.41, 5.74) is 1.07. The van der Waals surface area contributed by atoms with Crippen LogP contribution < -0.4 is 14.5 Å². The van der Waals surface area contributed by atoms with Gasteiger partial charge in [0.1, 0.15) is 0 Å². The van der Waals surface area contributed by atoms with Crippen LogP contribution in [-0.2, 0) is 0 Å². The van der Waals surface area contributed by atoms with E-state index in [2.05, 4.69) is 52.7 Å². The highest BCUT2D eigenvalue weighted by molar-refractivity contribution is 9.10. The van der Waals surface area contributed by atoms with Gasteiger partial charge in [-0.25, -0.2) is 15.0 Å². The van der Waals surface area contributed by atoms with Crippen molar-refractivity contribution < 1.29 is 4.74 Å². The van der Waals surface area contributed by atoms with E-state index in [9.17, 15) is 0 Å². The topological polar surface area (TPSA) is 67.3 Å². The number of hydrogen-bond acceptors (Lipinski definition) is 7. The summed E-state index contributed by atoms with van der Waals surface area (Å²) in [4.78, 5) is 22.0. The number of rotatable bonds is 4. The van der Waals surface area contributed by atoms with Crippen molar-refractivity contribution in [2.45, 2.75) is 25.8 Å². The van der Waals surface area contributed by atoms with Gasteiger partial charge in [0.05, 0.1) is 17.8 Å². The number of ether oxygens (including phenoxy) is 1. The van der Waals surface area contributed by atoms with E-state index >= 15 is 0 Å². The average Bonchev–Trinajstić information content (AvgIpc) is 2.62. The van der Waals surface area contributed by atoms with Crippen molar-refractivity contribution in [3.63, 3.8) is 0 Å². The van der Waals surface area contributed by atoms with Gasteiger partial charge in [0.2, 0.25) is 17.8 Å². The number of hydrogen-bond donors (Lipinski definition) is 0. The largest absolute Gasteiger partial charge is 0.480 e. The molecular weight excluding hydrogens is 372 g/mol. The zero-order chi connectivity index (χ0) is 17.1. The first-order valence-corrected chi connectivity index (χ1v) is 8.70. The van der Waals surface area contributed by atoms with E-state index in [0.717, 1.165) is 41.9 Å². The number of nitrogens with zero attached hydrogens (tertiary/aromatic N) is 6. The second-order valence-corrected chi connectivity index (χ2v) is 6.77. The highest BCUT2D eigenvalue weighted by atomic mass is 79.9. The molecule has 0 saturated carbocycles. The Labute approximate surface area is 150 Å². The van der Waals surface area contributed by atoms with Crippen molar-refractivity contribution in [3.05, 3.63) is 28.6 Å². The highest BCUT2D eigenvalue weighted by Crippen LogP contribution is 2.26. The van der Waals surface area contributed by atoms with E-state index in [1.807, 2.05) is 19.3 Å². The Balaban J connectivity index is 1.64. The predicted octanol–water partition coefficient (Wildman–Crippen LogP) is 2.45. The third-order valence-corrected chi connectivity index (χ3v) is 4.81. The smallest absolute Gasteiger partial charge is 0.232 e. The van der Waals surface area contributed by atoms with Crippen LogP contribution in [0.1, 0.15) is 18.4 Å². The Kier molecular flexibility index (Phi) is 5.13. The molecule has 2 aromatic rings. The van der Waals surface area contributed by atoms with Crippen LogP contribution in [0.5, 0.6) is 5.88 Å². The van der Waals surface area contributed by atoms with Gasteiger partial charge in [-0.1, -0.05) is 0 Å².